The van der Waals surface area contributed by atoms with Crippen molar-refractivity contribution in [3.63, 3.8) is 0 Å². The normalized spacial score (nSPS) is 12.4. The number of imidazole rings is 1. The first kappa shape index (κ1) is 15.3. The number of aromatic nitrogens is 4. The van der Waals surface area contributed by atoms with E-state index in [0.29, 0.717) is 18.8 Å². The summed E-state index contributed by atoms with van der Waals surface area (Å²) in [5.41, 5.74) is 2.52. The molecule has 0 aliphatic rings. The van der Waals surface area contributed by atoms with Gasteiger partial charge in [-0.3, -0.25) is 4.68 Å². The number of fused-ring (bicyclic) bond motifs is 1. The Kier molecular flexibility index (Phi) is 4.39. The van der Waals surface area contributed by atoms with E-state index in [0.717, 1.165) is 22.7 Å². The molecule has 0 aromatic carbocycles. The highest BCUT2D eigenvalue weighted by Gasteiger charge is 2.18. The van der Waals surface area contributed by atoms with E-state index < -0.39 is 9.84 Å². The second kappa shape index (κ2) is 5.73. The zero-order valence-corrected chi connectivity index (χ0v) is 13.5. The van der Waals surface area contributed by atoms with Crippen molar-refractivity contribution < 1.29 is 8.42 Å². The molecule has 0 amide bonds. The Morgan fingerprint density at radius 3 is 2.65 bits per heavy atom. The molecule has 0 atom stereocenters. The van der Waals surface area contributed by atoms with Crippen LogP contribution in [-0.2, 0) is 29.9 Å². The fourth-order valence-electron chi connectivity index (χ4n) is 2.26. The number of sulfone groups is 1. The molecule has 20 heavy (non-hydrogen) atoms. The quantitative estimate of drug-likeness (QED) is 0.753. The number of alkyl halides is 1. The molecule has 0 aliphatic heterocycles. The molecule has 0 saturated heterocycles. The topological polar surface area (TPSA) is 69.8 Å². The maximum atomic E-state index is 11.7. The monoisotopic (exact) mass is 318 g/mol. The number of hydrogen-bond donors (Lipinski definition) is 0. The van der Waals surface area contributed by atoms with E-state index in [9.17, 15) is 8.42 Å². The van der Waals surface area contributed by atoms with Crippen LogP contribution < -0.4 is 0 Å². The smallest absolute Gasteiger partial charge is 0.158 e. The lowest BCUT2D eigenvalue weighted by Gasteiger charge is -2.09. The average molecular weight is 319 g/mol. The first-order valence-electron chi connectivity index (χ1n) is 6.54. The van der Waals surface area contributed by atoms with E-state index in [1.54, 1.807) is 11.6 Å². The van der Waals surface area contributed by atoms with Crippen molar-refractivity contribution in [1.29, 1.82) is 0 Å². The van der Waals surface area contributed by atoms with E-state index in [2.05, 4.69) is 10.1 Å². The number of rotatable bonds is 6. The molecule has 8 heteroatoms. The highest BCUT2D eigenvalue weighted by molar-refractivity contribution is 7.91. The van der Waals surface area contributed by atoms with Gasteiger partial charge in [0.25, 0.3) is 0 Å². The number of halogens is 1. The summed E-state index contributed by atoms with van der Waals surface area (Å²) in [4.78, 5) is 4.55. The fraction of sp³-hybridized carbons (Fsp3) is 0.667. The van der Waals surface area contributed by atoms with Crippen molar-refractivity contribution in [2.24, 2.45) is 7.05 Å². The summed E-state index contributed by atoms with van der Waals surface area (Å²) in [7, 11) is -1.17. The molecule has 6 nitrogen and oxygen atoms in total. The second-order valence-electron chi connectivity index (χ2n) is 4.74. The van der Waals surface area contributed by atoms with Crippen LogP contribution >= 0.6 is 11.6 Å². The predicted molar refractivity (Wildman–Crippen MR) is 80.0 cm³/mol. The molecule has 2 heterocycles. The molecule has 0 aliphatic carbocycles. The molecule has 0 saturated carbocycles. The Morgan fingerprint density at radius 2 is 2.05 bits per heavy atom. The average Bonchev–Trinajstić information content (AvgIpc) is 2.87. The molecule has 0 unspecified atom stereocenters. The van der Waals surface area contributed by atoms with Crippen molar-refractivity contribution in [3.8, 4) is 0 Å². The van der Waals surface area contributed by atoms with Crippen molar-refractivity contribution in [3.05, 3.63) is 11.5 Å². The van der Waals surface area contributed by atoms with Crippen LogP contribution in [0.2, 0.25) is 0 Å². The van der Waals surface area contributed by atoms with Crippen LogP contribution in [0.5, 0.6) is 0 Å². The van der Waals surface area contributed by atoms with Gasteiger partial charge in [-0.05, 0) is 6.92 Å². The maximum Gasteiger partial charge on any atom is 0.158 e. The van der Waals surface area contributed by atoms with Gasteiger partial charge in [0, 0.05) is 31.6 Å². The largest absolute Gasteiger partial charge is 0.312 e. The van der Waals surface area contributed by atoms with Crippen LogP contribution in [0.3, 0.4) is 0 Å². The number of aryl methyl sites for hydroxylation is 4. The summed E-state index contributed by atoms with van der Waals surface area (Å²) in [5.74, 6) is 1.53. The first-order valence-corrected chi connectivity index (χ1v) is 8.90. The standard InChI is InChI=1S/C12H19ClN4O2S/c1-4-20(18,19)8-7-17-10(5-6-13)14-11-9(2)15-16(3)12(11)17/h4-8H2,1-3H3. The SMILES string of the molecule is CCS(=O)(=O)CCn1c(CCCl)nc2c(C)nn(C)c21. The summed E-state index contributed by atoms with van der Waals surface area (Å²) in [6.07, 6.45) is 0.613. The van der Waals surface area contributed by atoms with Crippen molar-refractivity contribution in [2.75, 3.05) is 17.4 Å². The van der Waals surface area contributed by atoms with Crippen molar-refractivity contribution in [1.82, 2.24) is 19.3 Å². The van der Waals surface area contributed by atoms with E-state index in [1.165, 1.54) is 0 Å². The number of hydrogen-bond acceptors (Lipinski definition) is 4. The number of nitrogens with zero attached hydrogens (tertiary/aromatic N) is 4. The first-order chi connectivity index (χ1) is 9.39. The molecule has 2 aromatic rings. The van der Waals surface area contributed by atoms with Crippen LogP contribution in [0.1, 0.15) is 18.4 Å². The maximum absolute atomic E-state index is 11.7. The molecule has 2 rings (SSSR count). The zero-order valence-electron chi connectivity index (χ0n) is 11.9. The highest BCUT2D eigenvalue weighted by Crippen LogP contribution is 2.19. The third-order valence-corrected chi connectivity index (χ3v) is 5.23. The predicted octanol–water partition coefficient (Wildman–Crippen LogP) is 1.29. The van der Waals surface area contributed by atoms with Gasteiger partial charge in [0.15, 0.2) is 15.5 Å². The Bertz CT molecular complexity index is 717. The minimum absolute atomic E-state index is 0.106. The van der Waals surface area contributed by atoms with Gasteiger partial charge in [-0.25, -0.2) is 13.4 Å². The minimum Gasteiger partial charge on any atom is -0.312 e. The van der Waals surface area contributed by atoms with Gasteiger partial charge in [0.05, 0.1) is 11.4 Å². The van der Waals surface area contributed by atoms with E-state index in [4.69, 9.17) is 11.6 Å². The second-order valence-corrected chi connectivity index (χ2v) is 7.59. The summed E-state index contributed by atoms with van der Waals surface area (Å²) in [6.45, 7) is 3.94. The van der Waals surface area contributed by atoms with Gasteiger partial charge in [-0.1, -0.05) is 6.92 Å². The summed E-state index contributed by atoms with van der Waals surface area (Å²) in [5, 5.41) is 4.33. The molecule has 0 spiro atoms. The molecule has 0 N–H and O–H groups in total. The fourth-order valence-corrected chi connectivity index (χ4v) is 3.18. The molecule has 0 bridgehead atoms. The van der Waals surface area contributed by atoms with E-state index in [-0.39, 0.29) is 11.5 Å². The van der Waals surface area contributed by atoms with Gasteiger partial charge < -0.3 is 4.57 Å². The van der Waals surface area contributed by atoms with Crippen molar-refractivity contribution >= 4 is 32.6 Å². The molecular formula is C12H19ClN4O2S. The third kappa shape index (κ3) is 2.83. The Hall–Kier alpha value is -1.08. The van der Waals surface area contributed by atoms with E-state index in [1.807, 2.05) is 18.5 Å². The lowest BCUT2D eigenvalue weighted by atomic mass is 10.4. The Balaban J connectivity index is 2.45. The van der Waals surface area contributed by atoms with Crippen LogP contribution in [-0.4, -0.2) is 45.1 Å². The van der Waals surface area contributed by atoms with Gasteiger partial charge in [-0.15, -0.1) is 11.6 Å². The Labute approximate surface area is 123 Å². The van der Waals surface area contributed by atoms with E-state index >= 15 is 0 Å². The van der Waals surface area contributed by atoms with Crippen LogP contribution in [0.4, 0.5) is 0 Å². The third-order valence-electron chi connectivity index (χ3n) is 3.35. The zero-order chi connectivity index (χ0) is 14.9. The van der Waals surface area contributed by atoms with Crippen LogP contribution in [0.15, 0.2) is 0 Å². The lowest BCUT2D eigenvalue weighted by Crippen LogP contribution is -2.17. The summed E-state index contributed by atoms with van der Waals surface area (Å²) >= 11 is 5.81. The lowest BCUT2D eigenvalue weighted by molar-refractivity contribution is 0.587. The molecular weight excluding hydrogens is 300 g/mol. The van der Waals surface area contributed by atoms with Crippen molar-refractivity contribution in [2.45, 2.75) is 26.8 Å². The summed E-state index contributed by atoms with van der Waals surface area (Å²) < 4.78 is 27.1. The van der Waals surface area contributed by atoms with Crippen LogP contribution in [0.25, 0.3) is 11.2 Å². The van der Waals surface area contributed by atoms with Gasteiger partial charge >= 0.3 is 0 Å². The Morgan fingerprint density at radius 1 is 1.35 bits per heavy atom. The molecule has 0 radical (unpaired) electrons. The highest BCUT2D eigenvalue weighted by atomic mass is 35.5. The molecule has 0 fully saturated rings. The minimum atomic E-state index is -3.01. The summed E-state index contributed by atoms with van der Waals surface area (Å²) in [6, 6.07) is 0. The van der Waals surface area contributed by atoms with Gasteiger partial charge in [0.2, 0.25) is 0 Å². The molecule has 2 aromatic heterocycles. The molecule has 112 valence electrons. The van der Waals surface area contributed by atoms with Gasteiger partial charge in [-0.2, -0.15) is 5.10 Å². The van der Waals surface area contributed by atoms with Crippen LogP contribution in [0, 0.1) is 6.92 Å². The van der Waals surface area contributed by atoms with Gasteiger partial charge in [0.1, 0.15) is 11.3 Å².